The van der Waals surface area contributed by atoms with Gasteiger partial charge in [-0.05, 0) is 25.0 Å². The lowest BCUT2D eigenvalue weighted by atomic mass is 10.3. The Morgan fingerprint density at radius 1 is 1.00 bits per heavy atom. The highest BCUT2D eigenvalue weighted by Crippen LogP contribution is 2.30. The highest BCUT2D eigenvalue weighted by Gasteiger charge is 2.25. The van der Waals surface area contributed by atoms with E-state index in [1.807, 2.05) is 13.8 Å². The molecule has 1 aliphatic rings. The third-order valence-electron chi connectivity index (χ3n) is 2.14. The maximum absolute atomic E-state index is 11.7. The number of hydrogen-bond acceptors (Lipinski definition) is 2. The van der Waals surface area contributed by atoms with E-state index in [1.165, 1.54) is 0 Å². The first-order valence-electron chi connectivity index (χ1n) is 4.77. The molecule has 74 valence electrons. The molecule has 1 rings (SSSR count). The summed E-state index contributed by atoms with van der Waals surface area (Å²) in [5.74, 6) is 0. The van der Waals surface area contributed by atoms with Gasteiger partial charge in [0.1, 0.15) is 0 Å². The maximum atomic E-state index is 11.7. The Morgan fingerprint density at radius 2 is 1.38 bits per heavy atom. The normalized spacial score (nSPS) is 19.8. The summed E-state index contributed by atoms with van der Waals surface area (Å²) < 4.78 is 23.5. The van der Waals surface area contributed by atoms with Crippen molar-refractivity contribution in [1.82, 2.24) is 0 Å². The van der Waals surface area contributed by atoms with Crippen molar-refractivity contribution < 1.29 is 8.42 Å². The first kappa shape index (κ1) is 10.5. The molecule has 0 bridgehead atoms. The lowest BCUT2D eigenvalue weighted by Gasteiger charge is -2.04. The molecule has 1 aliphatic heterocycles. The molecular formula is C10H16O2S. The zero-order chi connectivity index (χ0) is 9.90. The van der Waals surface area contributed by atoms with Crippen molar-refractivity contribution in [2.75, 3.05) is 0 Å². The minimum Gasteiger partial charge on any atom is -0.219 e. The summed E-state index contributed by atoms with van der Waals surface area (Å²) in [5.41, 5.74) is 0. The van der Waals surface area contributed by atoms with Crippen molar-refractivity contribution in [2.45, 2.75) is 39.5 Å². The van der Waals surface area contributed by atoms with Crippen LogP contribution in [0.4, 0.5) is 0 Å². The van der Waals surface area contributed by atoms with E-state index < -0.39 is 9.84 Å². The van der Waals surface area contributed by atoms with Gasteiger partial charge in [0.15, 0.2) is 9.84 Å². The quantitative estimate of drug-likeness (QED) is 0.699. The maximum Gasteiger partial charge on any atom is 0.198 e. The largest absolute Gasteiger partial charge is 0.219 e. The van der Waals surface area contributed by atoms with E-state index in [1.54, 1.807) is 12.2 Å². The van der Waals surface area contributed by atoms with Crippen LogP contribution in [-0.4, -0.2) is 8.42 Å². The van der Waals surface area contributed by atoms with Crippen LogP contribution in [0.1, 0.15) is 39.5 Å². The monoisotopic (exact) mass is 200 g/mol. The average molecular weight is 200 g/mol. The Morgan fingerprint density at radius 3 is 1.69 bits per heavy atom. The van der Waals surface area contributed by atoms with Gasteiger partial charge in [0.2, 0.25) is 0 Å². The highest BCUT2D eigenvalue weighted by molar-refractivity contribution is 7.99. The molecule has 0 aromatic rings. The predicted octanol–water partition coefficient (Wildman–Crippen LogP) is 2.78. The molecule has 0 fully saturated rings. The van der Waals surface area contributed by atoms with Crippen molar-refractivity contribution in [2.24, 2.45) is 0 Å². The third kappa shape index (κ3) is 2.02. The summed E-state index contributed by atoms with van der Waals surface area (Å²) in [4.78, 5) is 1.19. The predicted molar refractivity (Wildman–Crippen MR) is 54.9 cm³/mol. The van der Waals surface area contributed by atoms with Gasteiger partial charge in [-0.3, -0.25) is 0 Å². The van der Waals surface area contributed by atoms with Gasteiger partial charge in [-0.15, -0.1) is 0 Å². The van der Waals surface area contributed by atoms with Gasteiger partial charge in [-0.25, -0.2) is 8.42 Å². The molecule has 0 atom stereocenters. The van der Waals surface area contributed by atoms with Crippen molar-refractivity contribution in [3.05, 3.63) is 22.0 Å². The Bertz CT molecular complexity index is 306. The first-order valence-corrected chi connectivity index (χ1v) is 6.26. The molecule has 0 N–H and O–H groups in total. The SMILES string of the molecule is CCCC1=CC=C(CCC)S1(=O)=O. The van der Waals surface area contributed by atoms with Crippen molar-refractivity contribution >= 4 is 9.84 Å². The van der Waals surface area contributed by atoms with Gasteiger partial charge in [0, 0.05) is 9.81 Å². The number of hydrogen-bond donors (Lipinski definition) is 0. The van der Waals surface area contributed by atoms with Gasteiger partial charge >= 0.3 is 0 Å². The second kappa shape index (κ2) is 4.09. The molecule has 13 heavy (non-hydrogen) atoms. The van der Waals surface area contributed by atoms with Crippen LogP contribution in [0.5, 0.6) is 0 Å². The van der Waals surface area contributed by atoms with E-state index in [9.17, 15) is 8.42 Å². The molecule has 2 nitrogen and oxygen atoms in total. The Hall–Kier alpha value is -0.570. The Balaban J connectivity index is 2.82. The van der Waals surface area contributed by atoms with Crippen LogP contribution in [0.15, 0.2) is 22.0 Å². The highest BCUT2D eigenvalue weighted by atomic mass is 32.2. The smallest absolute Gasteiger partial charge is 0.198 e. The summed E-state index contributed by atoms with van der Waals surface area (Å²) in [6.45, 7) is 3.99. The molecular weight excluding hydrogens is 184 g/mol. The Labute approximate surface area is 80.3 Å². The summed E-state index contributed by atoms with van der Waals surface area (Å²) in [5, 5.41) is 0. The third-order valence-corrected chi connectivity index (χ3v) is 4.20. The Kier molecular flexibility index (Phi) is 3.31. The summed E-state index contributed by atoms with van der Waals surface area (Å²) >= 11 is 0. The van der Waals surface area contributed by atoms with E-state index >= 15 is 0 Å². The van der Waals surface area contributed by atoms with E-state index in [4.69, 9.17) is 0 Å². The van der Waals surface area contributed by atoms with E-state index in [0.29, 0.717) is 22.7 Å². The van der Waals surface area contributed by atoms with Crippen molar-refractivity contribution in [3.63, 3.8) is 0 Å². The fourth-order valence-corrected chi connectivity index (χ4v) is 3.24. The fourth-order valence-electron chi connectivity index (χ4n) is 1.46. The van der Waals surface area contributed by atoms with E-state index in [-0.39, 0.29) is 0 Å². The molecule has 1 heterocycles. The average Bonchev–Trinajstić information content (AvgIpc) is 2.33. The number of sulfone groups is 1. The molecule has 0 aliphatic carbocycles. The first-order chi connectivity index (χ1) is 6.12. The molecule has 3 heteroatoms. The standard InChI is InChI=1S/C10H16O2S/c1-3-5-9-7-8-10(6-4-2)13(9,11)12/h7-8H,3-6H2,1-2H3. The second-order valence-electron chi connectivity index (χ2n) is 3.27. The van der Waals surface area contributed by atoms with Crippen LogP contribution in [0, 0.1) is 0 Å². The lowest BCUT2D eigenvalue weighted by Crippen LogP contribution is -2.03. The van der Waals surface area contributed by atoms with Crippen LogP contribution in [-0.2, 0) is 9.84 Å². The molecule has 0 saturated carbocycles. The topological polar surface area (TPSA) is 34.1 Å². The van der Waals surface area contributed by atoms with Crippen LogP contribution in [0.3, 0.4) is 0 Å². The van der Waals surface area contributed by atoms with Gasteiger partial charge in [0.05, 0.1) is 0 Å². The van der Waals surface area contributed by atoms with Crippen molar-refractivity contribution in [3.8, 4) is 0 Å². The van der Waals surface area contributed by atoms with Crippen molar-refractivity contribution in [1.29, 1.82) is 0 Å². The van der Waals surface area contributed by atoms with Crippen LogP contribution < -0.4 is 0 Å². The van der Waals surface area contributed by atoms with Gasteiger partial charge in [0.25, 0.3) is 0 Å². The van der Waals surface area contributed by atoms with Crippen LogP contribution >= 0.6 is 0 Å². The van der Waals surface area contributed by atoms with Gasteiger partial charge in [-0.1, -0.05) is 26.7 Å². The second-order valence-corrected chi connectivity index (χ2v) is 5.33. The molecule has 0 spiro atoms. The molecule has 0 amide bonds. The summed E-state index contributed by atoms with van der Waals surface area (Å²) in [6.07, 6.45) is 6.63. The lowest BCUT2D eigenvalue weighted by molar-refractivity contribution is 0.604. The van der Waals surface area contributed by atoms with E-state index in [2.05, 4.69) is 0 Å². The zero-order valence-electron chi connectivity index (χ0n) is 8.21. The fraction of sp³-hybridized carbons (Fsp3) is 0.600. The number of allylic oxidation sites excluding steroid dienone is 4. The van der Waals surface area contributed by atoms with Gasteiger partial charge < -0.3 is 0 Å². The molecule has 0 aromatic carbocycles. The van der Waals surface area contributed by atoms with Crippen LogP contribution in [0.2, 0.25) is 0 Å². The summed E-state index contributed by atoms with van der Waals surface area (Å²) in [6, 6.07) is 0. The summed E-state index contributed by atoms with van der Waals surface area (Å²) in [7, 11) is -3.03. The van der Waals surface area contributed by atoms with Gasteiger partial charge in [-0.2, -0.15) is 0 Å². The number of rotatable bonds is 4. The minimum absolute atomic E-state index is 0.596. The van der Waals surface area contributed by atoms with E-state index in [0.717, 1.165) is 12.8 Å². The molecule has 0 radical (unpaired) electrons. The minimum atomic E-state index is -3.03. The molecule has 0 aromatic heterocycles. The molecule has 0 unspecified atom stereocenters. The van der Waals surface area contributed by atoms with Crippen LogP contribution in [0.25, 0.3) is 0 Å². The molecule has 0 saturated heterocycles. The zero-order valence-corrected chi connectivity index (χ0v) is 9.02.